The van der Waals surface area contributed by atoms with E-state index >= 15 is 0 Å². The van der Waals surface area contributed by atoms with E-state index in [0.717, 1.165) is 13.2 Å². The third-order valence-corrected chi connectivity index (χ3v) is 11.6. The molecule has 2 saturated heterocycles. The standard InChI is InChI=1S/C29H46O3/c1-28-13-11-19(25-7-3-5-15-31-25)17-20(28)18-24(30)27-22-10-9-21(26-8-4-6-16-32-26)29(22,2)14-12-23(27)28/h18-19,21-27,30H,3-17H2,1-2H3/t19-,21+,22?,23?,24?,25?,26?,27?,28-,29+/m0/s1. The van der Waals surface area contributed by atoms with E-state index in [9.17, 15) is 5.11 Å². The van der Waals surface area contributed by atoms with Crippen molar-refractivity contribution >= 4 is 0 Å². The molecule has 0 amide bonds. The molecule has 0 aromatic heterocycles. The van der Waals surface area contributed by atoms with Gasteiger partial charge in [-0.25, -0.2) is 0 Å². The molecule has 6 aliphatic rings. The van der Waals surface area contributed by atoms with Gasteiger partial charge in [0.05, 0.1) is 18.3 Å². The molecular formula is C29H46O3. The van der Waals surface area contributed by atoms with Crippen LogP contribution in [0.3, 0.4) is 0 Å². The summed E-state index contributed by atoms with van der Waals surface area (Å²) in [5, 5.41) is 11.6. The summed E-state index contributed by atoms with van der Waals surface area (Å²) in [6.45, 7) is 7.07. The predicted octanol–water partition coefficient (Wildman–Crippen LogP) is 6.29. The van der Waals surface area contributed by atoms with Gasteiger partial charge in [-0.15, -0.1) is 0 Å². The molecule has 32 heavy (non-hydrogen) atoms. The zero-order valence-electron chi connectivity index (χ0n) is 20.6. The summed E-state index contributed by atoms with van der Waals surface area (Å²) in [7, 11) is 0. The smallest absolute Gasteiger partial charge is 0.0757 e. The summed E-state index contributed by atoms with van der Waals surface area (Å²) in [5.41, 5.74) is 2.25. The molecule has 4 aliphatic carbocycles. The molecule has 5 fully saturated rings. The maximum atomic E-state index is 11.6. The van der Waals surface area contributed by atoms with E-state index in [1.165, 1.54) is 83.5 Å². The number of aliphatic hydroxyl groups excluding tert-OH is 1. The molecule has 2 heterocycles. The number of allylic oxidation sites excluding steroid dienone is 1. The van der Waals surface area contributed by atoms with Crippen molar-refractivity contribution in [3.8, 4) is 0 Å². The molecule has 0 radical (unpaired) electrons. The molecule has 3 nitrogen and oxygen atoms in total. The van der Waals surface area contributed by atoms with Crippen LogP contribution in [0.15, 0.2) is 11.6 Å². The van der Waals surface area contributed by atoms with Crippen LogP contribution in [0.2, 0.25) is 0 Å². The molecule has 2 aliphatic heterocycles. The summed E-state index contributed by atoms with van der Waals surface area (Å²) in [5.74, 6) is 3.17. The van der Waals surface area contributed by atoms with Crippen LogP contribution in [0.5, 0.6) is 0 Å². The van der Waals surface area contributed by atoms with Gasteiger partial charge in [0.25, 0.3) is 0 Å². The van der Waals surface area contributed by atoms with Crippen LogP contribution in [-0.4, -0.2) is 36.6 Å². The first-order valence-electron chi connectivity index (χ1n) is 14.1. The van der Waals surface area contributed by atoms with Crippen LogP contribution >= 0.6 is 0 Å². The summed E-state index contributed by atoms with van der Waals surface area (Å²) < 4.78 is 12.5. The van der Waals surface area contributed by atoms with E-state index in [1.807, 2.05) is 0 Å². The van der Waals surface area contributed by atoms with Crippen LogP contribution in [0, 0.1) is 40.4 Å². The van der Waals surface area contributed by atoms with Crippen molar-refractivity contribution in [3.63, 3.8) is 0 Å². The van der Waals surface area contributed by atoms with Gasteiger partial charge in [0.1, 0.15) is 0 Å². The van der Waals surface area contributed by atoms with E-state index in [1.54, 1.807) is 5.57 Å². The van der Waals surface area contributed by atoms with Crippen molar-refractivity contribution < 1.29 is 14.6 Å². The highest BCUT2D eigenvalue weighted by atomic mass is 16.5. The van der Waals surface area contributed by atoms with Crippen LogP contribution < -0.4 is 0 Å². The SMILES string of the molecule is C[C@]12CC[C@H](C3CCCCO3)CC1=CC(O)C1C2CC[C@@]2(C)C1CC[C@@H]2C1CCCCO1. The molecule has 0 aromatic carbocycles. The second kappa shape index (κ2) is 8.38. The van der Waals surface area contributed by atoms with Gasteiger partial charge in [-0.2, -0.15) is 0 Å². The first-order valence-corrected chi connectivity index (χ1v) is 14.1. The second-order valence-electron chi connectivity index (χ2n) is 12.9. The van der Waals surface area contributed by atoms with E-state index in [4.69, 9.17) is 9.47 Å². The average molecular weight is 443 g/mol. The first-order chi connectivity index (χ1) is 15.5. The normalized spacial score (nSPS) is 53.7. The monoisotopic (exact) mass is 442 g/mol. The topological polar surface area (TPSA) is 38.7 Å². The molecule has 0 bridgehead atoms. The largest absolute Gasteiger partial charge is 0.389 e. The average Bonchev–Trinajstić information content (AvgIpc) is 3.17. The zero-order valence-corrected chi connectivity index (χ0v) is 20.6. The Kier molecular flexibility index (Phi) is 5.79. The van der Waals surface area contributed by atoms with Gasteiger partial charge >= 0.3 is 0 Å². The molecular weight excluding hydrogens is 396 g/mol. The number of rotatable bonds is 2. The highest BCUT2D eigenvalue weighted by molar-refractivity contribution is 5.28. The van der Waals surface area contributed by atoms with Gasteiger partial charge in [0, 0.05) is 13.2 Å². The van der Waals surface area contributed by atoms with Gasteiger partial charge in [0.15, 0.2) is 0 Å². The minimum absolute atomic E-state index is 0.246. The number of hydrogen-bond acceptors (Lipinski definition) is 3. The van der Waals surface area contributed by atoms with Gasteiger partial charge in [0.2, 0.25) is 0 Å². The Morgan fingerprint density at radius 1 is 0.781 bits per heavy atom. The maximum Gasteiger partial charge on any atom is 0.0757 e. The molecule has 0 spiro atoms. The fraction of sp³-hybridized carbons (Fsp3) is 0.931. The molecule has 6 unspecified atom stereocenters. The molecule has 1 N–H and O–H groups in total. The lowest BCUT2D eigenvalue weighted by atomic mass is 9.46. The van der Waals surface area contributed by atoms with Crippen molar-refractivity contribution in [2.75, 3.05) is 13.2 Å². The third-order valence-electron chi connectivity index (χ3n) is 11.6. The van der Waals surface area contributed by atoms with Gasteiger partial charge in [-0.05, 0) is 124 Å². The van der Waals surface area contributed by atoms with Crippen molar-refractivity contribution in [1.82, 2.24) is 0 Å². The number of aliphatic hydroxyl groups is 1. The Labute approximate surface area is 195 Å². The molecule has 0 aromatic rings. The second-order valence-corrected chi connectivity index (χ2v) is 12.9. The third kappa shape index (κ3) is 3.39. The quantitative estimate of drug-likeness (QED) is 0.511. The summed E-state index contributed by atoms with van der Waals surface area (Å²) >= 11 is 0. The maximum absolute atomic E-state index is 11.6. The lowest BCUT2D eigenvalue weighted by molar-refractivity contribution is -0.120. The Morgan fingerprint density at radius 2 is 1.50 bits per heavy atom. The highest BCUT2D eigenvalue weighted by Gasteiger charge is 2.61. The minimum Gasteiger partial charge on any atom is -0.389 e. The fourth-order valence-corrected chi connectivity index (χ4v) is 9.87. The van der Waals surface area contributed by atoms with E-state index in [0.29, 0.717) is 52.6 Å². The zero-order chi connectivity index (χ0) is 21.9. The van der Waals surface area contributed by atoms with Gasteiger partial charge < -0.3 is 14.6 Å². The molecule has 10 atom stereocenters. The minimum atomic E-state index is -0.246. The summed E-state index contributed by atoms with van der Waals surface area (Å²) in [6.07, 6.45) is 19.7. The molecule has 3 heteroatoms. The lowest BCUT2D eigenvalue weighted by Gasteiger charge is -2.60. The van der Waals surface area contributed by atoms with Crippen molar-refractivity contribution in [2.45, 2.75) is 116 Å². The van der Waals surface area contributed by atoms with Crippen molar-refractivity contribution in [1.29, 1.82) is 0 Å². The number of ether oxygens (including phenoxy) is 2. The summed E-state index contributed by atoms with van der Waals surface area (Å²) in [4.78, 5) is 0. The number of hydrogen-bond donors (Lipinski definition) is 1. The Balaban J connectivity index is 1.24. The lowest BCUT2D eigenvalue weighted by Crippen LogP contribution is -2.55. The van der Waals surface area contributed by atoms with Crippen LogP contribution in [0.1, 0.15) is 97.3 Å². The summed E-state index contributed by atoms with van der Waals surface area (Å²) in [6, 6.07) is 0. The predicted molar refractivity (Wildman–Crippen MR) is 127 cm³/mol. The molecule has 180 valence electrons. The highest BCUT2D eigenvalue weighted by Crippen LogP contribution is 2.67. The van der Waals surface area contributed by atoms with Gasteiger partial charge in [-0.3, -0.25) is 0 Å². The van der Waals surface area contributed by atoms with E-state index in [2.05, 4.69) is 19.9 Å². The molecule has 6 rings (SSSR count). The van der Waals surface area contributed by atoms with Crippen LogP contribution in [0.25, 0.3) is 0 Å². The Hall–Kier alpha value is -0.380. The van der Waals surface area contributed by atoms with Gasteiger partial charge in [-0.1, -0.05) is 25.5 Å². The molecule has 3 saturated carbocycles. The van der Waals surface area contributed by atoms with Crippen LogP contribution in [0.4, 0.5) is 0 Å². The van der Waals surface area contributed by atoms with Crippen molar-refractivity contribution in [2.24, 2.45) is 40.4 Å². The fourth-order valence-electron chi connectivity index (χ4n) is 9.87. The Morgan fingerprint density at radius 3 is 2.22 bits per heavy atom. The van der Waals surface area contributed by atoms with E-state index in [-0.39, 0.29) is 6.10 Å². The van der Waals surface area contributed by atoms with Crippen LogP contribution in [-0.2, 0) is 9.47 Å². The van der Waals surface area contributed by atoms with Crippen molar-refractivity contribution in [3.05, 3.63) is 11.6 Å². The number of fused-ring (bicyclic) bond motifs is 5. The van der Waals surface area contributed by atoms with E-state index < -0.39 is 0 Å². The first kappa shape index (κ1) is 22.1. The Bertz CT molecular complexity index is 720.